The van der Waals surface area contributed by atoms with Gasteiger partial charge in [0.25, 0.3) is 0 Å². The number of nitrogens with two attached hydrogens (primary N) is 1. The topological polar surface area (TPSA) is 38.9 Å². The smallest absolute Gasteiger partial charge is 0.126 e. The third-order valence-electron chi connectivity index (χ3n) is 3.03. The van der Waals surface area contributed by atoms with Gasteiger partial charge >= 0.3 is 0 Å². The van der Waals surface area contributed by atoms with Crippen molar-refractivity contribution in [2.45, 2.75) is 25.7 Å². The van der Waals surface area contributed by atoms with Crippen molar-refractivity contribution in [3.63, 3.8) is 0 Å². The lowest BCUT2D eigenvalue weighted by Crippen LogP contribution is -1.89. The molecule has 4 heteroatoms. The normalized spacial score (nSPS) is 15.2. The van der Waals surface area contributed by atoms with E-state index in [4.69, 9.17) is 5.73 Å². The number of benzene rings is 1. The van der Waals surface area contributed by atoms with Gasteiger partial charge in [-0.1, -0.05) is 0 Å². The fourth-order valence-electron chi connectivity index (χ4n) is 1.85. The number of anilines is 1. The summed E-state index contributed by atoms with van der Waals surface area (Å²) in [5.74, 6) is 0.419. The third kappa shape index (κ3) is 1.93. The number of aromatic nitrogens is 1. The van der Waals surface area contributed by atoms with Crippen molar-refractivity contribution in [1.82, 2.24) is 4.98 Å². The molecule has 0 bridgehead atoms. The van der Waals surface area contributed by atoms with Crippen LogP contribution in [0.1, 0.15) is 29.3 Å². The molecule has 0 spiro atoms. The SMILES string of the molecule is Cc1cc(-c2nc(C3CC3)sc2N)ccc1F. The first kappa shape index (κ1) is 10.7. The Labute approximate surface area is 103 Å². The number of nitrogen functional groups attached to an aromatic ring is 1. The Hall–Kier alpha value is -1.42. The van der Waals surface area contributed by atoms with Crippen LogP contribution in [0.4, 0.5) is 9.39 Å². The van der Waals surface area contributed by atoms with Gasteiger partial charge in [-0.15, -0.1) is 11.3 Å². The van der Waals surface area contributed by atoms with Gasteiger partial charge in [-0.05, 0) is 43.5 Å². The molecular weight excluding hydrogens is 235 g/mol. The second-order valence-electron chi connectivity index (χ2n) is 4.50. The van der Waals surface area contributed by atoms with E-state index in [-0.39, 0.29) is 5.82 Å². The summed E-state index contributed by atoms with van der Waals surface area (Å²) in [4.78, 5) is 4.58. The molecule has 2 N–H and O–H groups in total. The highest BCUT2D eigenvalue weighted by molar-refractivity contribution is 7.16. The quantitative estimate of drug-likeness (QED) is 0.879. The molecule has 17 heavy (non-hydrogen) atoms. The minimum absolute atomic E-state index is 0.190. The Morgan fingerprint density at radius 2 is 2.18 bits per heavy atom. The molecule has 0 amide bonds. The maximum atomic E-state index is 13.2. The van der Waals surface area contributed by atoms with Crippen LogP contribution in [-0.2, 0) is 0 Å². The summed E-state index contributed by atoms with van der Waals surface area (Å²) in [7, 11) is 0. The van der Waals surface area contributed by atoms with Gasteiger partial charge in [-0.3, -0.25) is 0 Å². The van der Waals surface area contributed by atoms with Crippen molar-refractivity contribution >= 4 is 16.3 Å². The first-order valence-corrected chi connectivity index (χ1v) is 6.49. The molecule has 88 valence electrons. The van der Waals surface area contributed by atoms with Crippen molar-refractivity contribution in [3.05, 3.63) is 34.6 Å². The number of halogens is 1. The number of thiazole rings is 1. The maximum absolute atomic E-state index is 13.2. The summed E-state index contributed by atoms with van der Waals surface area (Å²) < 4.78 is 13.2. The molecule has 1 saturated carbocycles. The predicted molar refractivity (Wildman–Crippen MR) is 68.6 cm³/mol. The van der Waals surface area contributed by atoms with Gasteiger partial charge < -0.3 is 5.73 Å². The summed E-state index contributed by atoms with van der Waals surface area (Å²) in [6.45, 7) is 1.75. The zero-order chi connectivity index (χ0) is 12.0. The lowest BCUT2D eigenvalue weighted by molar-refractivity contribution is 0.619. The van der Waals surface area contributed by atoms with Gasteiger partial charge in [0.05, 0.1) is 5.01 Å². The van der Waals surface area contributed by atoms with Crippen LogP contribution in [0.15, 0.2) is 18.2 Å². The Morgan fingerprint density at radius 1 is 1.41 bits per heavy atom. The molecule has 1 heterocycles. The highest BCUT2D eigenvalue weighted by Crippen LogP contribution is 2.45. The van der Waals surface area contributed by atoms with Gasteiger partial charge in [0, 0.05) is 11.5 Å². The summed E-state index contributed by atoms with van der Waals surface area (Å²) >= 11 is 1.56. The lowest BCUT2D eigenvalue weighted by Gasteiger charge is -2.01. The Balaban J connectivity index is 2.04. The second kappa shape index (κ2) is 3.81. The van der Waals surface area contributed by atoms with E-state index in [2.05, 4.69) is 4.98 Å². The molecular formula is C13H13FN2S. The molecule has 0 atom stereocenters. The highest BCUT2D eigenvalue weighted by Gasteiger charge is 2.28. The Bertz CT molecular complexity index is 573. The zero-order valence-corrected chi connectivity index (χ0v) is 10.4. The van der Waals surface area contributed by atoms with Gasteiger partial charge in [0.2, 0.25) is 0 Å². The molecule has 2 aromatic rings. The fourth-order valence-corrected chi connectivity index (χ4v) is 2.88. The molecule has 1 aliphatic carbocycles. The van der Waals surface area contributed by atoms with Gasteiger partial charge in [-0.2, -0.15) is 0 Å². The monoisotopic (exact) mass is 248 g/mol. The van der Waals surface area contributed by atoms with Crippen molar-refractivity contribution in [2.75, 3.05) is 5.73 Å². The van der Waals surface area contributed by atoms with E-state index in [1.165, 1.54) is 18.9 Å². The Kier molecular flexibility index (Phi) is 2.40. The van der Waals surface area contributed by atoms with Crippen molar-refractivity contribution < 1.29 is 4.39 Å². The number of hydrogen-bond donors (Lipinski definition) is 1. The zero-order valence-electron chi connectivity index (χ0n) is 9.53. The van der Waals surface area contributed by atoms with Crippen LogP contribution in [0.25, 0.3) is 11.3 Å². The van der Waals surface area contributed by atoms with Crippen molar-refractivity contribution in [1.29, 1.82) is 0 Å². The van der Waals surface area contributed by atoms with Crippen LogP contribution >= 0.6 is 11.3 Å². The average molecular weight is 248 g/mol. The standard InChI is InChI=1S/C13H13FN2S/c1-7-6-9(4-5-10(7)14)11-12(15)17-13(16-11)8-2-3-8/h4-6,8H,2-3,15H2,1H3. The molecule has 1 aromatic heterocycles. The fraction of sp³-hybridized carbons (Fsp3) is 0.308. The number of nitrogens with zero attached hydrogens (tertiary/aromatic N) is 1. The van der Waals surface area contributed by atoms with E-state index < -0.39 is 0 Å². The molecule has 2 nitrogen and oxygen atoms in total. The summed E-state index contributed by atoms with van der Waals surface area (Å²) in [6, 6.07) is 5.02. The molecule has 3 rings (SSSR count). The molecule has 0 radical (unpaired) electrons. The van der Waals surface area contributed by atoms with E-state index in [1.807, 2.05) is 0 Å². The first-order valence-electron chi connectivity index (χ1n) is 5.68. The number of rotatable bonds is 2. The molecule has 1 aromatic carbocycles. The first-order chi connectivity index (χ1) is 8.15. The minimum atomic E-state index is -0.190. The van der Waals surface area contributed by atoms with Gasteiger partial charge in [0.1, 0.15) is 16.5 Å². The minimum Gasteiger partial charge on any atom is -0.389 e. The van der Waals surface area contributed by atoms with E-state index in [0.29, 0.717) is 11.5 Å². The lowest BCUT2D eigenvalue weighted by atomic mass is 10.1. The van der Waals surface area contributed by atoms with E-state index in [0.717, 1.165) is 21.3 Å². The van der Waals surface area contributed by atoms with Crippen molar-refractivity contribution in [3.8, 4) is 11.3 Å². The average Bonchev–Trinajstić information content (AvgIpc) is 3.07. The van der Waals surface area contributed by atoms with Crippen LogP contribution in [0, 0.1) is 12.7 Å². The largest absolute Gasteiger partial charge is 0.389 e. The predicted octanol–water partition coefficient (Wildman–Crippen LogP) is 3.72. The molecule has 0 unspecified atom stereocenters. The molecule has 1 aliphatic rings. The van der Waals surface area contributed by atoms with E-state index in [9.17, 15) is 4.39 Å². The van der Waals surface area contributed by atoms with Crippen LogP contribution in [0.5, 0.6) is 0 Å². The van der Waals surface area contributed by atoms with Crippen LogP contribution in [0.2, 0.25) is 0 Å². The Morgan fingerprint density at radius 3 is 2.82 bits per heavy atom. The third-order valence-corrected chi connectivity index (χ3v) is 4.07. The van der Waals surface area contributed by atoms with Crippen molar-refractivity contribution in [2.24, 2.45) is 0 Å². The van der Waals surface area contributed by atoms with Gasteiger partial charge in [-0.25, -0.2) is 9.37 Å². The second-order valence-corrected chi connectivity index (χ2v) is 5.57. The van der Waals surface area contributed by atoms with Gasteiger partial charge in [0.15, 0.2) is 0 Å². The van der Waals surface area contributed by atoms with Crippen LogP contribution in [-0.4, -0.2) is 4.98 Å². The highest BCUT2D eigenvalue weighted by atomic mass is 32.1. The molecule has 0 saturated heterocycles. The van der Waals surface area contributed by atoms with Crippen LogP contribution < -0.4 is 5.73 Å². The summed E-state index contributed by atoms with van der Waals surface area (Å²) in [5, 5.41) is 1.86. The summed E-state index contributed by atoms with van der Waals surface area (Å²) in [5.41, 5.74) is 8.33. The number of hydrogen-bond acceptors (Lipinski definition) is 3. The van der Waals surface area contributed by atoms with E-state index in [1.54, 1.807) is 30.4 Å². The molecule has 0 aliphatic heterocycles. The summed E-state index contributed by atoms with van der Waals surface area (Å²) in [6.07, 6.45) is 2.43. The van der Waals surface area contributed by atoms with Crippen LogP contribution in [0.3, 0.4) is 0 Å². The van der Waals surface area contributed by atoms with E-state index >= 15 is 0 Å². The molecule has 1 fully saturated rings. The maximum Gasteiger partial charge on any atom is 0.126 e. The number of aryl methyl sites for hydroxylation is 1.